The fourth-order valence-electron chi connectivity index (χ4n) is 2.22. The standard InChI is InChI=1S/C15H22ClNO2S/c1-10(2)17-15(4,14(18)19)9-11(3)20-13-8-6-5-7-12(13)16/h5-8,10-11,17H,9H2,1-4H3,(H,18,19). The maximum Gasteiger partial charge on any atom is 0.323 e. The smallest absolute Gasteiger partial charge is 0.323 e. The van der Waals surface area contributed by atoms with Gasteiger partial charge in [-0.25, -0.2) is 0 Å². The quantitative estimate of drug-likeness (QED) is 0.745. The molecule has 0 heterocycles. The first-order chi connectivity index (χ1) is 9.24. The second kappa shape index (κ2) is 7.34. The fraction of sp³-hybridized carbons (Fsp3) is 0.533. The molecule has 0 saturated heterocycles. The van der Waals surface area contributed by atoms with Gasteiger partial charge in [0, 0.05) is 16.2 Å². The Labute approximate surface area is 130 Å². The lowest BCUT2D eigenvalue weighted by Crippen LogP contribution is -2.53. The minimum Gasteiger partial charge on any atom is -0.480 e. The second-order valence-electron chi connectivity index (χ2n) is 5.50. The summed E-state index contributed by atoms with van der Waals surface area (Å²) in [4.78, 5) is 12.5. The first kappa shape index (κ1) is 17.3. The Morgan fingerprint density at radius 2 is 2.00 bits per heavy atom. The molecular weight excluding hydrogens is 294 g/mol. The molecule has 1 aromatic rings. The summed E-state index contributed by atoms with van der Waals surface area (Å²) in [6, 6.07) is 7.74. The normalized spacial score (nSPS) is 15.9. The average Bonchev–Trinajstić information content (AvgIpc) is 2.30. The zero-order valence-electron chi connectivity index (χ0n) is 12.3. The van der Waals surface area contributed by atoms with Crippen molar-refractivity contribution in [2.45, 2.75) is 55.8 Å². The summed E-state index contributed by atoms with van der Waals surface area (Å²) in [6.07, 6.45) is 0.524. The largest absolute Gasteiger partial charge is 0.480 e. The highest BCUT2D eigenvalue weighted by atomic mass is 35.5. The number of rotatable bonds is 7. The molecule has 0 fully saturated rings. The highest BCUT2D eigenvalue weighted by Gasteiger charge is 2.35. The summed E-state index contributed by atoms with van der Waals surface area (Å²) < 4.78 is 0. The molecule has 0 aliphatic heterocycles. The molecular formula is C15H22ClNO2S. The van der Waals surface area contributed by atoms with Crippen molar-refractivity contribution < 1.29 is 9.90 Å². The van der Waals surface area contributed by atoms with Crippen molar-refractivity contribution in [2.24, 2.45) is 0 Å². The van der Waals surface area contributed by atoms with Crippen LogP contribution < -0.4 is 5.32 Å². The van der Waals surface area contributed by atoms with E-state index < -0.39 is 11.5 Å². The Morgan fingerprint density at radius 3 is 2.50 bits per heavy atom. The van der Waals surface area contributed by atoms with Crippen molar-refractivity contribution in [3.63, 3.8) is 0 Å². The van der Waals surface area contributed by atoms with E-state index in [1.54, 1.807) is 18.7 Å². The summed E-state index contributed by atoms with van der Waals surface area (Å²) >= 11 is 7.74. The molecule has 0 aliphatic rings. The number of carboxylic acids is 1. The van der Waals surface area contributed by atoms with Gasteiger partial charge in [0.25, 0.3) is 0 Å². The predicted molar refractivity (Wildman–Crippen MR) is 85.7 cm³/mol. The van der Waals surface area contributed by atoms with Crippen LogP contribution in [0.5, 0.6) is 0 Å². The fourth-order valence-corrected chi connectivity index (χ4v) is 3.68. The van der Waals surface area contributed by atoms with Crippen LogP contribution in [0.3, 0.4) is 0 Å². The summed E-state index contributed by atoms with van der Waals surface area (Å²) in [6.45, 7) is 7.66. The van der Waals surface area contributed by atoms with Gasteiger partial charge >= 0.3 is 5.97 Å². The molecule has 112 valence electrons. The molecule has 0 spiro atoms. The number of aliphatic carboxylic acids is 1. The number of thioether (sulfide) groups is 1. The van der Waals surface area contributed by atoms with Crippen LogP contribution in [0.1, 0.15) is 34.1 Å². The Kier molecular flexibility index (Phi) is 6.37. The third-order valence-corrected chi connectivity index (χ3v) is 4.56. The van der Waals surface area contributed by atoms with Crippen LogP contribution >= 0.6 is 23.4 Å². The SMILES string of the molecule is CC(C)NC(C)(CC(C)Sc1ccccc1Cl)C(=O)O. The first-order valence-electron chi connectivity index (χ1n) is 6.67. The van der Waals surface area contributed by atoms with E-state index in [4.69, 9.17) is 11.6 Å². The van der Waals surface area contributed by atoms with Gasteiger partial charge in [-0.1, -0.05) is 30.7 Å². The van der Waals surface area contributed by atoms with Crippen molar-refractivity contribution in [2.75, 3.05) is 0 Å². The maximum absolute atomic E-state index is 11.5. The Hall–Kier alpha value is -0.710. The zero-order valence-corrected chi connectivity index (χ0v) is 13.9. The van der Waals surface area contributed by atoms with E-state index in [0.717, 1.165) is 4.90 Å². The summed E-state index contributed by atoms with van der Waals surface area (Å²) in [5.41, 5.74) is -0.929. The van der Waals surface area contributed by atoms with Crippen LogP contribution in [0.25, 0.3) is 0 Å². The average molecular weight is 316 g/mol. The van der Waals surface area contributed by atoms with Gasteiger partial charge in [-0.3, -0.25) is 10.1 Å². The summed E-state index contributed by atoms with van der Waals surface area (Å²) in [5.74, 6) is -0.821. The summed E-state index contributed by atoms with van der Waals surface area (Å²) in [7, 11) is 0. The molecule has 0 aromatic heterocycles. The van der Waals surface area contributed by atoms with Crippen LogP contribution in [0.2, 0.25) is 5.02 Å². The van der Waals surface area contributed by atoms with Crippen LogP contribution in [0.15, 0.2) is 29.2 Å². The molecule has 20 heavy (non-hydrogen) atoms. The highest BCUT2D eigenvalue weighted by Crippen LogP contribution is 2.33. The van der Waals surface area contributed by atoms with E-state index in [-0.39, 0.29) is 11.3 Å². The van der Waals surface area contributed by atoms with E-state index in [1.807, 2.05) is 45.0 Å². The topological polar surface area (TPSA) is 49.3 Å². The van der Waals surface area contributed by atoms with Gasteiger partial charge in [-0.2, -0.15) is 0 Å². The molecule has 5 heteroatoms. The van der Waals surface area contributed by atoms with Crippen molar-refractivity contribution in [3.05, 3.63) is 29.3 Å². The lowest BCUT2D eigenvalue weighted by molar-refractivity contribution is -0.144. The monoisotopic (exact) mass is 315 g/mol. The minimum atomic E-state index is -0.929. The Morgan fingerprint density at radius 1 is 1.40 bits per heavy atom. The molecule has 2 N–H and O–H groups in total. The summed E-state index contributed by atoms with van der Waals surface area (Å²) in [5, 5.41) is 13.4. The number of carboxylic acid groups (broad SMARTS) is 1. The van der Waals surface area contributed by atoms with Gasteiger partial charge in [0.15, 0.2) is 0 Å². The number of halogens is 1. The van der Waals surface area contributed by atoms with E-state index >= 15 is 0 Å². The van der Waals surface area contributed by atoms with Gasteiger partial charge in [0.1, 0.15) is 5.54 Å². The Bertz CT molecular complexity index is 467. The van der Waals surface area contributed by atoms with Gasteiger partial charge in [-0.15, -0.1) is 11.8 Å². The Balaban J connectivity index is 2.74. The van der Waals surface area contributed by atoms with Crippen LogP contribution in [0, 0.1) is 0 Å². The highest BCUT2D eigenvalue weighted by molar-refractivity contribution is 8.00. The number of hydrogen-bond acceptors (Lipinski definition) is 3. The maximum atomic E-state index is 11.5. The van der Waals surface area contributed by atoms with Gasteiger partial charge < -0.3 is 5.11 Å². The van der Waals surface area contributed by atoms with Crippen LogP contribution in [0.4, 0.5) is 0 Å². The van der Waals surface area contributed by atoms with Gasteiger partial charge in [0.2, 0.25) is 0 Å². The van der Waals surface area contributed by atoms with E-state index in [9.17, 15) is 9.90 Å². The van der Waals surface area contributed by atoms with E-state index in [2.05, 4.69) is 5.32 Å². The van der Waals surface area contributed by atoms with E-state index in [0.29, 0.717) is 11.4 Å². The van der Waals surface area contributed by atoms with Crippen molar-refractivity contribution in [1.29, 1.82) is 0 Å². The number of carbonyl (C=O) groups is 1. The molecule has 0 amide bonds. The van der Waals surface area contributed by atoms with Gasteiger partial charge in [-0.05, 0) is 39.3 Å². The van der Waals surface area contributed by atoms with Crippen molar-refractivity contribution in [3.8, 4) is 0 Å². The number of hydrogen-bond donors (Lipinski definition) is 2. The molecule has 0 bridgehead atoms. The lowest BCUT2D eigenvalue weighted by Gasteiger charge is -2.31. The zero-order chi connectivity index (χ0) is 15.3. The molecule has 1 aromatic carbocycles. The van der Waals surface area contributed by atoms with Crippen LogP contribution in [-0.4, -0.2) is 27.9 Å². The molecule has 0 aliphatic carbocycles. The predicted octanol–water partition coefficient (Wildman–Crippen LogP) is 4.05. The van der Waals surface area contributed by atoms with E-state index in [1.165, 1.54) is 0 Å². The second-order valence-corrected chi connectivity index (χ2v) is 7.39. The third kappa shape index (κ3) is 5.00. The lowest BCUT2D eigenvalue weighted by atomic mass is 9.95. The molecule has 2 unspecified atom stereocenters. The minimum absolute atomic E-state index is 0.119. The van der Waals surface area contributed by atoms with Crippen molar-refractivity contribution >= 4 is 29.3 Å². The third-order valence-electron chi connectivity index (χ3n) is 2.94. The molecule has 1 rings (SSSR count). The molecule has 2 atom stereocenters. The van der Waals surface area contributed by atoms with Gasteiger partial charge in [0.05, 0.1) is 5.02 Å². The molecule has 3 nitrogen and oxygen atoms in total. The molecule has 0 radical (unpaired) electrons. The number of benzene rings is 1. The number of nitrogens with one attached hydrogen (secondary N) is 1. The van der Waals surface area contributed by atoms with Crippen molar-refractivity contribution in [1.82, 2.24) is 5.32 Å². The molecule has 0 saturated carbocycles. The van der Waals surface area contributed by atoms with Crippen LogP contribution in [-0.2, 0) is 4.79 Å². The first-order valence-corrected chi connectivity index (χ1v) is 7.92.